The highest BCUT2D eigenvalue weighted by molar-refractivity contribution is 7.21. The van der Waals surface area contributed by atoms with Gasteiger partial charge in [-0.2, -0.15) is 0 Å². The Morgan fingerprint density at radius 3 is 2.60 bits per heavy atom. The number of thiophene rings is 1. The Balaban J connectivity index is 1.40. The number of fused-ring (bicyclic) bond motifs is 1. The number of carbonyl (C=O) groups excluding carboxylic acids is 1. The zero-order valence-electron chi connectivity index (χ0n) is 19.9. The number of ketones is 1. The van der Waals surface area contributed by atoms with Crippen LogP contribution in [-0.4, -0.2) is 42.1 Å². The summed E-state index contributed by atoms with van der Waals surface area (Å²) in [5.74, 6) is 1.44. The number of alkyl halides is 1. The molecule has 1 N–H and O–H groups in total. The van der Waals surface area contributed by atoms with Gasteiger partial charge in [0.2, 0.25) is 5.78 Å². The first-order valence-corrected chi connectivity index (χ1v) is 12.7. The first-order chi connectivity index (χ1) is 16.9. The molecule has 1 aliphatic heterocycles. The SMILES string of the molecule is Cc1ccc(C)c(C(=O)c2sc3cc(O)ccc3c2Oc2ccc(CCN3CC(CF)C3)cc2)c1. The quantitative estimate of drug-likeness (QED) is 0.280. The average Bonchev–Trinajstić information content (AvgIpc) is 3.17. The number of aryl methyl sites for hydroxylation is 2. The van der Waals surface area contributed by atoms with E-state index in [1.807, 2.05) is 56.3 Å². The van der Waals surface area contributed by atoms with Crippen molar-refractivity contribution < 1.29 is 19.0 Å². The lowest BCUT2D eigenvalue weighted by Crippen LogP contribution is -2.48. The number of hydrogen-bond donors (Lipinski definition) is 1. The molecule has 35 heavy (non-hydrogen) atoms. The molecule has 5 rings (SSSR count). The van der Waals surface area contributed by atoms with Crippen molar-refractivity contribution in [2.75, 3.05) is 26.3 Å². The van der Waals surface area contributed by atoms with Crippen LogP contribution in [0.15, 0.2) is 60.7 Å². The summed E-state index contributed by atoms with van der Waals surface area (Å²) in [5, 5.41) is 10.8. The van der Waals surface area contributed by atoms with E-state index in [9.17, 15) is 14.3 Å². The third-order valence-electron chi connectivity index (χ3n) is 6.58. The molecule has 0 radical (unpaired) electrons. The molecular weight excluding hydrogens is 461 g/mol. The predicted molar refractivity (Wildman–Crippen MR) is 139 cm³/mol. The van der Waals surface area contributed by atoms with Crippen LogP contribution in [0.2, 0.25) is 0 Å². The maximum atomic E-state index is 13.6. The van der Waals surface area contributed by atoms with E-state index >= 15 is 0 Å². The van der Waals surface area contributed by atoms with Crippen LogP contribution in [0, 0.1) is 19.8 Å². The topological polar surface area (TPSA) is 49.8 Å². The monoisotopic (exact) mass is 489 g/mol. The fraction of sp³-hybridized carbons (Fsp3) is 0.276. The van der Waals surface area contributed by atoms with Crippen LogP contribution in [0.4, 0.5) is 4.39 Å². The van der Waals surface area contributed by atoms with E-state index in [2.05, 4.69) is 4.90 Å². The fourth-order valence-electron chi connectivity index (χ4n) is 4.50. The molecule has 1 saturated heterocycles. The molecular formula is C29H28FNO3S. The van der Waals surface area contributed by atoms with E-state index in [0.29, 0.717) is 21.9 Å². The second kappa shape index (κ2) is 9.80. The van der Waals surface area contributed by atoms with E-state index in [4.69, 9.17) is 4.74 Å². The van der Waals surface area contributed by atoms with Gasteiger partial charge < -0.3 is 14.7 Å². The lowest BCUT2D eigenvalue weighted by Gasteiger charge is -2.37. The molecule has 6 heteroatoms. The van der Waals surface area contributed by atoms with Crippen LogP contribution < -0.4 is 4.74 Å². The van der Waals surface area contributed by atoms with Gasteiger partial charge in [-0.05, 0) is 67.8 Å². The van der Waals surface area contributed by atoms with Gasteiger partial charge in [-0.1, -0.05) is 29.8 Å². The minimum Gasteiger partial charge on any atom is -0.508 e. The number of nitrogens with zero attached hydrogens (tertiary/aromatic N) is 1. The summed E-state index contributed by atoms with van der Waals surface area (Å²) in [6.07, 6.45) is 0.899. The van der Waals surface area contributed by atoms with Crippen molar-refractivity contribution in [1.29, 1.82) is 0 Å². The van der Waals surface area contributed by atoms with Crippen molar-refractivity contribution in [2.45, 2.75) is 20.3 Å². The number of rotatable bonds is 8. The van der Waals surface area contributed by atoms with Gasteiger partial charge in [-0.25, -0.2) is 0 Å². The van der Waals surface area contributed by atoms with E-state index in [-0.39, 0.29) is 24.1 Å². The molecule has 4 aromatic rings. The first-order valence-electron chi connectivity index (χ1n) is 11.8. The predicted octanol–water partition coefficient (Wildman–Crippen LogP) is 6.69. The van der Waals surface area contributed by atoms with Crippen molar-refractivity contribution in [2.24, 2.45) is 5.92 Å². The Kier molecular flexibility index (Phi) is 6.58. The summed E-state index contributed by atoms with van der Waals surface area (Å²) in [6.45, 7) is 6.28. The molecule has 1 fully saturated rings. The summed E-state index contributed by atoms with van der Waals surface area (Å²) < 4.78 is 19.7. The Morgan fingerprint density at radius 2 is 1.86 bits per heavy atom. The Labute approximate surface area is 208 Å². The van der Waals surface area contributed by atoms with Crippen molar-refractivity contribution in [1.82, 2.24) is 4.90 Å². The lowest BCUT2D eigenvalue weighted by molar-refractivity contribution is 0.0824. The molecule has 0 atom stereocenters. The summed E-state index contributed by atoms with van der Waals surface area (Å²) in [6, 6.07) is 18.9. The van der Waals surface area contributed by atoms with Crippen LogP contribution in [0.25, 0.3) is 10.1 Å². The number of benzene rings is 3. The number of phenolic OH excluding ortho intramolecular Hbond substituents is 1. The minimum atomic E-state index is -0.229. The summed E-state index contributed by atoms with van der Waals surface area (Å²) in [7, 11) is 0. The lowest BCUT2D eigenvalue weighted by atomic mass is 10.0. The van der Waals surface area contributed by atoms with E-state index < -0.39 is 0 Å². The van der Waals surface area contributed by atoms with Gasteiger partial charge in [-0.15, -0.1) is 11.3 Å². The van der Waals surface area contributed by atoms with Crippen molar-refractivity contribution in [3.05, 3.63) is 87.8 Å². The van der Waals surface area contributed by atoms with Crippen molar-refractivity contribution in [3.63, 3.8) is 0 Å². The van der Waals surface area contributed by atoms with E-state index in [1.165, 1.54) is 16.9 Å². The largest absolute Gasteiger partial charge is 0.508 e. The summed E-state index contributed by atoms with van der Waals surface area (Å²) in [5.41, 5.74) is 3.78. The Morgan fingerprint density at radius 1 is 1.09 bits per heavy atom. The third kappa shape index (κ3) is 4.95. The molecule has 3 aromatic carbocycles. The average molecular weight is 490 g/mol. The minimum absolute atomic E-state index is 0.0837. The van der Waals surface area contributed by atoms with Crippen LogP contribution >= 0.6 is 11.3 Å². The normalized spacial score (nSPS) is 14.3. The molecule has 2 heterocycles. The number of hydrogen-bond acceptors (Lipinski definition) is 5. The molecule has 0 saturated carbocycles. The van der Waals surface area contributed by atoms with Gasteiger partial charge in [0.25, 0.3) is 0 Å². The second-order valence-corrected chi connectivity index (χ2v) is 10.4. The van der Waals surface area contributed by atoms with Crippen LogP contribution in [0.1, 0.15) is 31.9 Å². The Bertz CT molecular complexity index is 1370. The number of phenols is 1. The van der Waals surface area contributed by atoms with Crippen molar-refractivity contribution >= 4 is 27.2 Å². The highest BCUT2D eigenvalue weighted by Crippen LogP contribution is 2.43. The molecule has 0 spiro atoms. The number of halogens is 1. The zero-order valence-corrected chi connectivity index (χ0v) is 20.7. The Hall–Kier alpha value is -3.22. The maximum absolute atomic E-state index is 13.6. The van der Waals surface area contributed by atoms with Gasteiger partial charge in [-0.3, -0.25) is 9.18 Å². The smallest absolute Gasteiger partial charge is 0.207 e. The standard InChI is InChI=1S/C29H28FNO3S/c1-18-3-4-19(2)25(13-18)27(33)29-28(24-10-7-22(32)14-26(24)35-29)34-23-8-5-20(6-9-23)11-12-31-16-21(15-30)17-31/h3-10,13-14,21,32H,11-12,15-17H2,1-2H3. The molecule has 0 bridgehead atoms. The van der Waals surface area contributed by atoms with Crippen LogP contribution in [-0.2, 0) is 6.42 Å². The van der Waals surface area contributed by atoms with Crippen LogP contribution in [0.5, 0.6) is 17.2 Å². The number of ether oxygens (including phenoxy) is 1. The molecule has 0 amide bonds. The molecule has 180 valence electrons. The number of likely N-dealkylation sites (tertiary alicyclic amines) is 1. The zero-order chi connectivity index (χ0) is 24.5. The van der Waals surface area contributed by atoms with Gasteiger partial charge in [0.1, 0.15) is 16.4 Å². The first kappa shape index (κ1) is 23.5. The molecule has 1 aromatic heterocycles. The number of aromatic hydroxyl groups is 1. The summed E-state index contributed by atoms with van der Waals surface area (Å²) in [4.78, 5) is 16.4. The van der Waals surface area contributed by atoms with Gasteiger partial charge in [0, 0.05) is 41.2 Å². The molecule has 0 unspecified atom stereocenters. The van der Waals surface area contributed by atoms with Gasteiger partial charge in [0.05, 0.1) is 6.67 Å². The number of carbonyl (C=O) groups is 1. The van der Waals surface area contributed by atoms with Gasteiger partial charge in [0.15, 0.2) is 5.75 Å². The highest BCUT2D eigenvalue weighted by atomic mass is 32.1. The second-order valence-electron chi connectivity index (χ2n) is 9.36. The fourth-order valence-corrected chi connectivity index (χ4v) is 5.62. The van der Waals surface area contributed by atoms with Gasteiger partial charge >= 0.3 is 0 Å². The molecule has 1 aliphatic rings. The summed E-state index contributed by atoms with van der Waals surface area (Å²) >= 11 is 1.33. The maximum Gasteiger partial charge on any atom is 0.207 e. The third-order valence-corrected chi connectivity index (χ3v) is 7.72. The molecule has 4 nitrogen and oxygen atoms in total. The molecule has 0 aliphatic carbocycles. The van der Waals surface area contributed by atoms with E-state index in [0.717, 1.165) is 47.3 Å². The van der Waals surface area contributed by atoms with Crippen molar-refractivity contribution in [3.8, 4) is 17.2 Å². The van der Waals surface area contributed by atoms with E-state index in [1.54, 1.807) is 18.2 Å². The highest BCUT2D eigenvalue weighted by Gasteiger charge is 2.26. The van der Waals surface area contributed by atoms with Crippen LogP contribution in [0.3, 0.4) is 0 Å².